The number of carbonyl (C=O) groups is 2. The first-order valence-electron chi connectivity index (χ1n) is 6.56. The predicted molar refractivity (Wildman–Crippen MR) is 80.6 cm³/mol. The van der Waals surface area contributed by atoms with E-state index in [1.54, 1.807) is 39.0 Å². The number of hydrogen-bond acceptors (Lipinski definition) is 3. The van der Waals surface area contributed by atoms with Crippen LogP contribution in [0, 0.1) is 6.92 Å². The normalized spacial score (nSPS) is 12.6. The van der Waals surface area contributed by atoms with Gasteiger partial charge in [0.2, 0.25) is 0 Å². The molecule has 6 heteroatoms. The van der Waals surface area contributed by atoms with Crippen LogP contribution in [0.3, 0.4) is 0 Å². The van der Waals surface area contributed by atoms with Gasteiger partial charge in [-0.25, -0.2) is 4.79 Å². The summed E-state index contributed by atoms with van der Waals surface area (Å²) in [6.45, 7) is 7.06. The molecular weight excluding hydrogens is 294 g/mol. The maximum Gasteiger partial charge on any atom is 0.408 e. The van der Waals surface area contributed by atoms with E-state index in [2.05, 4.69) is 5.32 Å². The number of aliphatic carboxylic acids is 1. The molecule has 21 heavy (non-hydrogen) atoms. The predicted octanol–water partition coefficient (Wildman–Crippen LogP) is 3.69. The van der Waals surface area contributed by atoms with Crippen molar-refractivity contribution in [2.45, 2.75) is 45.8 Å². The Balaban J connectivity index is 2.92. The number of amides is 1. The lowest BCUT2D eigenvalue weighted by molar-refractivity contribution is -0.137. The molecule has 2 N–H and O–H groups in total. The molecule has 5 nitrogen and oxygen atoms in total. The fraction of sp³-hybridized carbons (Fsp3) is 0.467. The second-order valence-electron chi connectivity index (χ2n) is 5.81. The quantitative estimate of drug-likeness (QED) is 0.889. The highest BCUT2D eigenvalue weighted by atomic mass is 35.5. The minimum atomic E-state index is -1.02. The average molecular weight is 314 g/mol. The van der Waals surface area contributed by atoms with E-state index in [0.717, 1.165) is 5.56 Å². The van der Waals surface area contributed by atoms with Crippen LogP contribution in [0.4, 0.5) is 4.79 Å². The summed E-state index contributed by atoms with van der Waals surface area (Å²) in [5.74, 6) is -1.02. The third kappa shape index (κ3) is 6.04. The number of hydrogen-bond donors (Lipinski definition) is 2. The second-order valence-corrected chi connectivity index (χ2v) is 6.21. The second kappa shape index (κ2) is 6.80. The van der Waals surface area contributed by atoms with Crippen LogP contribution in [0.5, 0.6) is 0 Å². The van der Waals surface area contributed by atoms with Crippen molar-refractivity contribution in [3.8, 4) is 0 Å². The highest BCUT2D eigenvalue weighted by Gasteiger charge is 2.22. The van der Waals surface area contributed by atoms with Crippen molar-refractivity contribution in [1.29, 1.82) is 0 Å². The van der Waals surface area contributed by atoms with E-state index in [9.17, 15) is 9.59 Å². The van der Waals surface area contributed by atoms with E-state index in [0.29, 0.717) is 10.6 Å². The van der Waals surface area contributed by atoms with Crippen LogP contribution in [0.15, 0.2) is 18.2 Å². The molecule has 1 unspecified atom stereocenters. The molecule has 1 aromatic carbocycles. The third-order valence-corrected chi connectivity index (χ3v) is 3.08. The molecule has 0 saturated carbocycles. The molecule has 0 spiro atoms. The number of carbonyl (C=O) groups excluding carboxylic acids is 1. The zero-order valence-electron chi connectivity index (χ0n) is 12.6. The number of nitrogens with one attached hydrogen (secondary N) is 1. The summed E-state index contributed by atoms with van der Waals surface area (Å²) in [4.78, 5) is 22.8. The van der Waals surface area contributed by atoms with Gasteiger partial charge in [-0.05, 0) is 44.9 Å². The molecule has 1 rings (SSSR count). The molecule has 0 heterocycles. The zero-order chi connectivity index (χ0) is 16.2. The van der Waals surface area contributed by atoms with Gasteiger partial charge in [-0.2, -0.15) is 0 Å². The Kier molecular flexibility index (Phi) is 5.61. The van der Waals surface area contributed by atoms with Crippen molar-refractivity contribution >= 4 is 23.7 Å². The van der Waals surface area contributed by atoms with Crippen LogP contribution in [-0.4, -0.2) is 22.8 Å². The minimum Gasteiger partial charge on any atom is -0.481 e. The number of carboxylic acids is 1. The van der Waals surface area contributed by atoms with Crippen molar-refractivity contribution in [2.24, 2.45) is 0 Å². The van der Waals surface area contributed by atoms with Crippen molar-refractivity contribution in [1.82, 2.24) is 5.32 Å². The lowest BCUT2D eigenvalue weighted by Gasteiger charge is -2.23. The molecule has 0 bridgehead atoms. The third-order valence-electron chi connectivity index (χ3n) is 2.67. The highest BCUT2D eigenvalue weighted by Crippen LogP contribution is 2.24. The number of rotatable bonds is 4. The topological polar surface area (TPSA) is 75.6 Å². The van der Waals surface area contributed by atoms with Gasteiger partial charge in [-0.1, -0.05) is 23.7 Å². The monoisotopic (exact) mass is 313 g/mol. The van der Waals surface area contributed by atoms with E-state index in [4.69, 9.17) is 21.4 Å². The summed E-state index contributed by atoms with van der Waals surface area (Å²) < 4.78 is 5.15. The average Bonchev–Trinajstić information content (AvgIpc) is 2.28. The number of alkyl carbamates (subject to hydrolysis) is 1. The highest BCUT2D eigenvalue weighted by molar-refractivity contribution is 6.31. The van der Waals surface area contributed by atoms with Crippen LogP contribution >= 0.6 is 11.6 Å². The van der Waals surface area contributed by atoms with Crippen molar-refractivity contribution < 1.29 is 19.4 Å². The smallest absolute Gasteiger partial charge is 0.408 e. The Morgan fingerprint density at radius 3 is 2.48 bits per heavy atom. The first kappa shape index (κ1) is 17.3. The van der Waals surface area contributed by atoms with Gasteiger partial charge in [-0.15, -0.1) is 0 Å². The molecule has 0 saturated heterocycles. The lowest BCUT2D eigenvalue weighted by atomic mass is 10.0. The number of ether oxygens (including phenoxy) is 1. The van der Waals surface area contributed by atoms with Gasteiger partial charge >= 0.3 is 12.1 Å². The Labute approximate surface area is 129 Å². The van der Waals surface area contributed by atoms with Gasteiger partial charge in [0.25, 0.3) is 0 Å². The molecule has 0 aromatic heterocycles. The summed E-state index contributed by atoms with van der Waals surface area (Å²) in [5.41, 5.74) is 0.855. The standard InChI is InChI=1S/C15H20ClNO4/c1-9-5-6-10(7-11(9)16)12(8-13(18)19)17-14(20)21-15(2,3)4/h5-7,12H,8H2,1-4H3,(H,17,20)(H,18,19). The van der Waals surface area contributed by atoms with Gasteiger partial charge in [-0.3, -0.25) is 4.79 Å². The first-order chi connectivity index (χ1) is 9.58. The van der Waals surface area contributed by atoms with Crippen molar-refractivity contribution in [3.05, 3.63) is 34.3 Å². The summed E-state index contributed by atoms with van der Waals surface area (Å²) >= 11 is 6.05. The molecule has 0 aliphatic rings. The molecule has 0 radical (unpaired) electrons. The van der Waals surface area contributed by atoms with Crippen LogP contribution < -0.4 is 5.32 Å². The van der Waals surface area contributed by atoms with Gasteiger partial charge in [0.15, 0.2) is 0 Å². The van der Waals surface area contributed by atoms with Crippen LogP contribution in [0.25, 0.3) is 0 Å². The fourth-order valence-corrected chi connectivity index (χ4v) is 1.89. The number of halogens is 1. The number of carboxylic acid groups (broad SMARTS) is 1. The zero-order valence-corrected chi connectivity index (χ0v) is 13.3. The molecule has 116 valence electrons. The molecule has 1 aromatic rings. The Hall–Kier alpha value is -1.75. The van der Waals surface area contributed by atoms with Gasteiger partial charge in [0.05, 0.1) is 12.5 Å². The Morgan fingerprint density at radius 1 is 1.38 bits per heavy atom. The van der Waals surface area contributed by atoms with E-state index in [1.807, 2.05) is 6.92 Å². The summed E-state index contributed by atoms with van der Waals surface area (Å²) in [5, 5.41) is 12.1. The summed E-state index contributed by atoms with van der Waals surface area (Å²) in [6, 6.07) is 4.48. The van der Waals surface area contributed by atoms with Gasteiger partial charge < -0.3 is 15.2 Å². The molecule has 0 aliphatic carbocycles. The van der Waals surface area contributed by atoms with Gasteiger partial charge in [0.1, 0.15) is 5.60 Å². The minimum absolute atomic E-state index is 0.251. The molecular formula is C15H20ClNO4. The van der Waals surface area contributed by atoms with E-state index < -0.39 is 23.7 Å². The Bertz CT molecular complexity index is 537. The van der Waals surface area contributed by atoms with Crippen LogP contribution in [-0.2, 0) is 9.53 Å². The van der Waals surface area contributed by atoms with E-state index in [1.165, 1.54) is 0 Å². The van der Waals surface area contributed by atoms with Crippen molar-refractivity contribution in [3.63, 3.8) is 0 Å². The molecule has 1 amide bonds. The maximum absolute atomic E-state index is 11.8. The molecule has 0 aliphatic heterocycles. The number of aryl methyl sites for hydroxylation is 1. The molecule has 0 fully saturated rings. The lowest BCUT2D eigenvalue weighted by Crippen LogP contribution is -2.35. The van der Waals surface area contributed by atoms with E-state index >= 15 is 0 Å². The van der Waals surface area contributed by atoms with E-state index in [-0.39, 0.29) is 6.42 Å². The Morgan fingerprint density at radius 2 is 2.00 bits per heavy atom. The van der Waals surface area contributed by atoms with Crippen molar-refractivity contribution in [2.75, 3.05) is 0 Å². The summed E-state index contributed by atoms with van der Waals surface area (Å²) in [7, 11) is 0. The summed E-state index contributed by atoms with van der Waals surface area (Å²) in [6.07, 6.45) is -0.913. The first-order valence-corrected chi connectivity index (χ1v) is 6.93. The van der Waals surface area contributed by atoms with Gasteiger partial charge in [0, 0.05) is 5.02 Å². The van der Waals surface area contributed by atoms with Crippen LogP contribution in [0.2, 0.25) is 5.02 Å². The number of benzene rings is 1. The fourth-order valence-electron chi connectivity index (χ4n) is 1.70. The van der Waals surface area contributed by atoms with Crippen LogP contribution in [0.1, 0.15) is 44.4 Å². The molecule has 1 atom stereocenters. The largest absolute Gasteiger partial charge is 0.481 e. The SMILES string of the molecule is Cc1ccc(C(CC(=O)O)NC(=O)OC(C)(C)C)cc1Cl. The maximum atomic E-state index is 11.8.